The number of ketones is 1. The van der Waals surface area contributed by atoms with Crippen LogP contribution in [0.25, 0.3) is 0 Å². The SMILES string of the molecule is CC(C(=O)CCC(F)F)c1ccc(OC2CCN(c3nc(N(C)C)ncc3F)C2)cc1. The van der Waals surface area contributed by atoms with E-state index in [0.717, 1.165) is 5.56 Å². The van der Waals surface area contributed by atoms with Crippen LogP contribution in [0.3, 0.4) is 0 Å². The van der Waals surface area contributed by atoms with Crippen LogP contribution in [0.4, 0.5) is 24.9 Å². The molecule has 0 aliphatic carbocycles. The minimum atomic E-state index is -2.47. The van der Waals surface area contributed by atoms with E-state index < -0.39 is 24.6 Å². The summed E-state index contributed by atoms with van der Waals surface area (Å²) in [6, 6.07) is 7.09. The Morgan fingerprint density at radius 1 is 1.29 bits per heavy atom. The fourth-order valence-corrected chi connectivity index (χ4v) is 3.48. The molecule has 0 N–H and O–H groups in total. The number of ether oxygens (including phenoxy) is 1. The van der Waals surface area contributed by atoms with Gasteiger partial charge in [-0.15, -0.1) is 0 Å². The molecule has 0 saturated carbocycles. The van der Waals surface area contributed by atoms with Gasteiger partial charge in [0.1, 0.15) is 17.6 Å². The predicted octanol–water partition coefficient (Wildman–Crippen LogP) is 4.06. The van der Waals surface area contributed by atoms with Gasteiger partial charge in [0.05, 0.1) is 12.7 Å². The average molecular weight is 436 g/mol. The number of nitrogens with zero attached hydrogens (tertiary/aromatic N) is 4. The normalized spacial score (nSPS) is 17.1. The molecule has 2 heterocycles. The number of alkyl halides is 2. The highest BCUT2D eigenvalue weighted by molar-refractivity contribution is 5.85. The zero-order chi connectivity index (χ0) is 22.5. The maximum atomic E-state index is 14.2. The standard InChI is InChI=1S/C22H27F3N4O2/c1-14(19(30)8-9-20(24)25)15-4-6-16(7-5-15)31-17-10-11-29(13-17)21-18(23)12-26-22(27-21)28(2)3/h4-7,12,14,17,20H,8-11,13H2,1-3H3. The molecule has 1 aromatic heterocycles. The summed E-state index contributed by atoms with van der Waals surface area (Å²) in [5.41, 5.74) is 0.763. The topological polar surface area (TPSA) is 58.6 Å². The molecule has 1 saturated heterocycles. The molecular weight excluding hydrogens is 409 g/mol. The first-order valence-electron chi connectivity index (χ1n) is 10.3. The Morgan fingerprint density at radius 2 is 2.00 bits per heavy atom. The van der Waals surface area contributed by atoms with Crippen molar-refractivity contribution < 1.29 is 22.7 Å². The quantitative estimate of drug-likeness (QED) is 0.591. The van der Waals surface area contributed by atoms with Crippen LogP contribution in [-0.2, 0) is 4.79 Å². The van der Waals surface area contributed by atoms with Crippen molar-refractivity contribution in [3.63, 3.8) is 0 Å². The Bertz CT molecular complexity index is 893. The number of Topliss-reactive ketones (excluding diaryl/α,β-unsaturated/α-hetero) is 1. The summed E-state index contributed by atoms with van der Waals surface area (Å²) in [4.78, 5) is 23.9. The van der Waals surface area contributed by atoms with Crippen molar-refractivity contribution in [2.75, 3.05) is 37.0 Å². The number of rotatable bonds is 9. The number of hydrogen-bond acceptors (Lipinski definition) is 6. The van der Waals surface area contributed by atoms with Crippen molar-refractivity contribution in [2.24, 2.45) is 0 Å². The maximum absolute atomic E-state index is 14.2. The van der Waals surface area contributed by atoms with E-state index >= 15 is 0 Å². The summed E-state index contributed by atoms with van der Waals surface area (Å²) in [6.07, 6.45) is -1.26. The molecule has 31 heavy (non-hydrogen) atoms. The van der Waals surface area contributed by atoms with Gasteiger partial charge in [-0.1, -0.05) is 19.1 Å². The molecule has 6 nitrogen and oxygen atoms in total. The first kappa shape index (κ1) is 22.8. The van der Waals surface area contributed by atoms with Crippen molar-refractivity contribution >= 4 is 17.5 Å². The van der Waals surface area contributed by atoms with E-state index in [0.29, 0.717) is 31.2 Å². The number of hydrogen-bond donors (Lipinski definition) is 0. The largest absolute Gasteiger partial charge is 0.489 e. The first-order valence-corrected chi connectivity index (χ1v) is 10.3. The lowest BCUT2D eigenvalue weighted by Gasteiger charge is -2.20. The molecule has 3 rings (SSSR count). The third-order valence-corrected chi connectivity index (χ3v) is 5.33. The van der Waals surface area contributed by atoms with E-state index in [9.17, 15) is 18.0 Å². The van der Waals surface area contributed by atoms with E-state index in [-0.39, 0.29) is 24.1 Å². The molecular formula is C22H27F3N4O2. The van der Waals surface area contributed by atoms with E-state index in [4.69, 9.17) is 4.74 Å². The highest BCUT2D eigenvalue weighted by Crippen LogP contribution is 2.27. The molecule has 0 amide bonds. The molecule has 0 bridgehead atoms. The van der Waals surface area contributed by atoms with E-state index in [2.05, 4.69) is 9.97 Å². The molecule has 1 fully saturated rings. The second-order valence-corrected chi connectivity index (χ2v) is 7.90. The fraction of sp³-hybridized carbons (Fsp3) is 0.500. The van der Waals surface area contributed by atoms with Crippen molar-refractivity contribution in [3.8, 4) is 5.75 Å². The van der Waals surface area contributed by atoms with Gasteiger partial charge >= 0.3 is 0 Å². The van der Waals surface area contributed by atoms with Crippen molar-refractivity contribution in [1.29, 1.82) is 0 Å². The van der Waals surface area contributed by atoms with Crippen molar-refractivity contribution in [3.05, 3.63) is 41.8 Å². The number of halogens is 3. The molecule has 1 aliphatic heterocycles. The highest BCUT2D eigenvalue weighted by Gasteiger charge is 2.28. The molecule has 2 aromatic rings. The van der Waals surface area contributed by atoms with Gasteiger partial charge in [0, 0.05) is 45.8 Å². The molecule has 9 heteroatoms. The molecule has 1 aliphatic rings. The van der Waals surface area contributed by atoms with E-state index in [1.807, 2.05) is 4.90 Å². The van der Waals surface area contributed by atoms with Gasteiger partial charge in [-0.25, -0.2) is 18.2 Å². The lowest BCUT2D eigenvalue weighted by Crippen LogP contribution is -2.27. The third-order valence-electron chi connectivity index (χ3n) is 5.33. The van der Waals surface area contributed by atoms with Crippen LogP contribution in [0.5, 0.6) is 5.75 Å². The Labute approximate surface area is 180 Å². The number of aromatic nitrogens is 2. The second-order valence-electron chi connectivity index (χ2n) is 7.90. The van der Waals surface area contributed by atoms with Gasteiger partial charge in [-0.05, 0) is 17.7 Å². The molecule has 1 aromatic carbocycles. The highest BCUT2D eigenvalue weighted by atomic mass is 19.3. The van der Waals surface area contributed by atoms with Gasteiger partial charge in [-0.2, -0.15) is 4.98 Å². The van der Waals surface area contributed by atoms with Crippen LogP contribution >= 0.6 is 0 Å². The van der Waals surface area contributed by atoms with Crippen LogP contribution in [0.2, 0.25) is 0 Å². The van der Waals surface area contributed by atoms with Crippen LogP contribution in [-0.4, -0.2) is 55.5 Å². The van der Waals surface area contributed by atoms with Crippen LogP contribution < -0.4 is 14.5 Å². The monoisotopic (exact) mass is 436 g/mol. The Morgan fingerprint density at radius 3 is 2.65 bits per heavy atom. The van der Waals surface area contributed by atoms with Crippen LogP contribution in [0.15, 0.2) is 30.5 Å². The number of anilines is 2. The Balaban J connectivity index is 1.58. The van der Waals surface area contributed by atoms with Gasteiger partial charge in [-0.3, -0.25) is 4.79 Å². The van der Waals surface area contributed by atoms with Crippen LogP contribution in [0, 0.1) is 5.82 Å². The smallest absolute Gasteiger partial charge is 0.239 e. The van der Waals surface area contributed by atoms with Gasteiger partial charge in [0.25, 0.3) is 0 Å². The summed E-state index contributed by atoms with van der Waals surface area (Å²) < 4.78 is 44.9. The lowest BCUT2D eigenvalue weighted by atomic mass is 9.94. The zero-order valence-corrected chi connectivity index (χ0v) is 17.9. The first-order chi connectivity index (χ1) is 14.7. The molecule has 0 spiro atoms. The third kappa shape index (κ3) is 5.86. The molecule has 2 unspecified atom stereocenters. The molecule has 2 atom stereocenters. The summed E-state index contributed by atoms with van der Waals surface area (Å²) in [5, 5.41) is 0. The Kier molecular flexibility index (Phi) is 7.35. The average Bonchev–Trinajstić information content (AvgIpc) is 3.20. The minimum absolute atomic E-state index is 0.131. The molecule has 0 radical (unpaired) electrons. The second kappa shape index (κ2) is 9.98. The molecule has 168 valence electrons. The fourth-order valence-electron chi connectivity index (χ4n) is 3.48. The van der Waals surface area contributed by atoms with Crippen molar-refractivity contribution in [2.45, 2.75) is 44.6 Å². The number of carbonyl (C=O) groups is 1. The van der Waals surface area contributed by atoms with Crippen LogP contribution in [0.1, 0.15) is 37.7 Å². The summed E-state index contributed by atoms with van der Waals surface area (Å²) in [6.45, 7) is 2.82. The van der Waals surface area contributed by atoms with E-state index in [1.165, 1.54) is 6.20 Å². The number of carbonyl (C=O) groups excluding carboxylic acids is 1. The zero-order valence-electron chi connectivity index (χ0n) is 17.9. The predicted molar refractivity (Wildman–Crippen MR) is 113 cm³/mol. The van der Waals surface area contributed by atoms with Gasteiger partial charge in [0.2, 0.25) is 12.4 Å². The minimum Gasteiger partial charge on any atom is -0.489 e. The lowest BCUT2D eigenvalue weighted by molar-refractivity contribution is -0.120. The van der Waals surface area contributed by atoms with Crippen molar-refractivity contribution in [1.82, 2.24) is 9.97 Å². The summed E-state index contributed by atoms with van der Waals surface area (Å²) in [7, 11) is 3.59. The van der Waals surface area contributed by atoms with Gasteiger partial charge < -0.3 is 14.5 Å². The maximum Gasteiger partial charge on any atom is 0.239 e. The summed E-state index contributed by atoms with van der Waals surface area (Å²) in [5.74, 6) is 0.219. The number of benzene rings is 1. The Hall–Kier alpha value is -2.84. The summed E-state index contributed by atoms with van der Waals surface area (Å²) >= 11 is 0. The van der Waals surface area contributed by atoms with E-state index in [1.54, 1.807) is 50.2 Å². The van der Waals surface area contributed by atoms with Gasteiger partial charge in [0.15, 0.2) is 11.6 Å².